The third-order valence-corrected chi connectivity index (χ3v) is 2.75. The molecule has 0 saturated heterocycles. The highest BCUT2D eigenvalue weighted by molar-refractivity contribution is 6.12. The number of rotatable bonds is 3. The van der Waals surface area contributed by atoms with Crippen LogP contribution >= 0.6 is 0 Å². The van der Waals surface area contributed by atoms with Crippen molar-refractivity contribution in [2.75, 3.05) is 14.2 Å². The predicted molar refractivity (Wildman–Crippen MR) is 77.2 cm³/mol. The van der Waals surface area contributed by atoms with Gasteiger partial charge in [0.25, 0.3) is 0 Å². The normalized spacial score (nSPS) is 9.30. The summed E-state index contributed by atoms with van der Waals surface area (Å²) >= 11 is 0. The van der Waals surface area contributed by atoms with Crippen molar-refractivity contribution in [2.45, 2.75) is 0 Å². The fourth-order valence-electron chi connectivity index (χ4n) is 1.79. The van der Waals surface area contributed by atoms with Crippen LogP contribution in [0.3, 0.4) is 0 Å². The quantitative estimate of drug-likeness (QED) is 0.633. The average Bonchev–Trinajstić information content (AvgIpc) is 2.52. The SMILES string of the molecule is COc1cccc(OC)c1C(=O)C#Cc1ccccc1. The summed E-state index contributed by atoms with van der Waals surface area (Å²) in [7, 11) is 3.02. The highest BCUT2D eigenvalue weighted by Gasteiger charge is 2.16. The maximum Gasteiger partial charge on any atom is 0.243 e. The molecule has 0 spiro atoms. The van der Waals surface area contributed by atoms with Crippen molar-refractivity contribution in [1.82, 2.24) is 0 Å². The van der Waals surface area contributed by atoms with Crippen LogP contribution in [0.5, 0.6) is 11.5 Å². The number of ether oxygens (including phenoxy) is 2. The summed E-state index contributed by atoms with van der Waals surface area (Å²) in [6.45, 7) is 0. The Labute approximate surface area is 118 Å². The first-order valence-electron chi connectivity index (χ1n) is 6.08. The van der Waals surface area contributed by atoms with Crippen molar-refractivity contribution in [2.24, 2.45) is 0 Å². The van der Waals surface area contributed by atoms with Crippen LogP contribution in [-0.2, 0) is 0 Å². The van der Waals surface area contributed by atoms with Gasteiger partial charge in [0, 0.05) is 5.56 Å². The van der Waals surface area contributed by atoms with Crippen LogP contribution in [0.1, 0.15) is 15.9 Å². The molecule has 20 heavy (non-hydrogen) atoms. The Morgan fingerprint density at radius 3 is 2.05 bits per heavy atom. The predicted octanol–water partition coefficient (Wildman–Crippen LogP) is 2.94. The van der Waals surface area contributed by atoms with Crippen molar-refractivity contribution in [3.63, 3.8) is 0 Å². The maximum absolute atomic E-state index is 12.2. The molecule has 0 aliphatic carbocycles. The second-order valence-corrected chi connectivity index (χ2v) is 3.98. The first-order chi connectivity index (χ1) is 9.76. The highest BCUT2D eigenvalue weighted by atomic mass is 16.5. The number of hydrogen-bond acceptors (Lipinski definition) is 3. The van der Waals surface area contributed by atoms with Gasteiger partial charge < -0.3 is 9.47 Å². The van der Waals surface area contributed by atoms with E-state index < -0.39 is 0 Å². The Balaban J connectivity index is 2.37. The van der Waals surface area contributed by atoms with E-state index in [4.69, 9.17) is 9.47 Å². The number of hydrogen-bond donors (Lipinski definition) is 0. The summed E-state index contributed by atoms with van der Waals surface area (Å²) in [4.78, 5) is 12.2. The van der Waals surface area contributed by atoms with E-state index in [0.717, 1.165) is 5.56 Å². The fourth-order valence-corrected chi connectivity index (χ4v) is 1.79. The molecule has 2 rings (SSSR count). The summed E-state index contributed by atoms with van der Waals surface area (Å²) in [5, 5.41) is 0. The largest absolute Gasteiger partial charge is 0.496 e. The van der Waals surface area contributed by atoms with E-state index in [9.17, 15) is 4.79 Å². The number of Topliss-reactive ketones (excluding diaryl/α,β-unsaturated/α-hetero) is 1. The van der Waals surface area contributed by atoms with E-state index in [2.05, 4.69) is 11.8 Å². The lowest BCUT2D eigenvalue weighted by molar-refractivity contribution is 0.105. The molecule has 3 heteroatoms. The molecule has 2 aromatic rings. The molecule has 3 nitrogen and oxygen atoms in total. The van der Waals surface area contributed by atoms with Gasteiger partial charge in [-0.05, 0) is 30.2 Å². The zero-order chi connectivity index (χ0) is 14.4. The molecule has 0 unspecified atom stereocenters. The van der Waals surface area contributed by atoms with Gasteiger partial charge in [0.05, 0.1) is 14.2 Å². The van der Waals surface area contributed by atoms with E-state index in [1.807, 2.05) is 30.3 Å². The van der Waals surface area contributed by atoms with E-state index >= 15 is 0 Å². The van der Waals surface area contributed by atoms with Gasteiger partial charge >= 0.3 is 0 Å². The van der Waals surface area contributed by atoms with Gasteiger partial charge in [-0.15, -0.1) is 0 Å². The Morgan fingerprint density at radius 2 is 1.50 bits per heavy atom. The van der Waals surface area contributed by atoms with Crippen LogP contribution in [0.2, 0.25) is 0 Å². The molecule has 0 bridgehead atoms. The number of carbonyl (C=O) groups excluding carboxylic acids is 1. The second-order valence-electron chi connectivity index (χ2n) is 3.98. The summed E-state index contributed by atoms with van der Waals surface area (Å²) in [6, 6.07) is 14.5. The molecule has 0 atom stereocenters. The first-order valence-corrected chi connectivity index (χ1v) is 6.08. The molecule has 0 saturated carbocycles. The third-order valence-electron chi connectivity index (χ3n) is 2.75. The monoisotopic (exact) mass is 266 g/mol. The van der Waals surface area contributed by atoms with E-state index in [1.54, 1.807) is 18.2 Å². The summed E-state index contributed by atoms with van der Waals surface area (Å²) < 4.78 is 10.4. The average molecular weight is 266 g/mol. The number of carbonyl (C=O) groups is 1. The van der Waals surface area contributed by atoms with Gasteiger partial charge in [-0.3, -0.25) is 4.79 Å². The Morgan fingerprint density at radius 1 is 0.900 bits per heavy atom. The Bertz CT molecular complexity index is 641. The molecule has 0 fully saturated rings. The van der Waals surface area contributed by atoms with E-state index in [0.29, 0.717) is 17.1 Å². The number of benzene rings is 2. The minimum absolute atomic E-state index is 0.330. The molecule has 0 aliphatic heterocycles. The third kappa shape index (κ3) is 2.99. The fraction of sp³-hybridized carbons (Fsp3) is 0.118. The maximum atomic E-state index is 12.2. The zero-order valence-electron chi connectivity index (χ0n) is 11.3. The van der Waals surface area contributed by atoms with Crippen molar-refractivity contribution in [1.29, 1.82) is 0 Å². The van der Waals surface area contributed by atoms with Crippen molar-refractivity contribution >= 4 is 5.78 Å². The topological polar surface area (TPSA) is 35.5 Å². The van der Waals surface area contributed by atoms with Gasteiger partial charge in [-0.1, -0.05) is 30.2 Å². The minimum Gasteiger partial charge on any atom is -0.496 e. The molecule has 0 N–H and O–H groups in total. The zero-order valence-corrected chi connectivity index (χ0v) is 11.3. The molecule has 2 aromatic carbocycles. The summed E-state index contributed by atoms with van der Waals surface area (Å²) in [5.41, 5.74) is 1.13. The van der Waals surface area contributed by atoms with Crippen LogP contribution < -0.4 is 9.47 Å². The van der Waals surface area contributed by atoms with Gasteiger partial charge in [-0.25, -0.2) is 0 Å². The lowest BCUT2D eigenvalue weighted by atomic mass is 10.1. The van der Waals surface area contributed by atoms with Gasteiger partial charge in [0.15, 0.2) is 0 Å². The molecule has 0 aromatic heterocycles. The van der Waals surface area contributed by atoms with Crippen molar-refractivity contribution in [3.8, 4) is 23.3 Å². The van der Waals surface area contributed by atoms with Crippen LogP contribution in [0.15, 0.2) is 48.5 Å². The second kappa shape index (κ2) is 6.44. The van der Waals surface area contributed by atoms with Crippen LogP contribution in [0.25, 0.3) is 0 Å². The van der Waals surface area contributed by atoms with Gasteiger partial charge in [0.1, 0.15) is 17.1 Å². The Hall–Kier alpha value is -2.73. The molecular weight excluding hydrogens is 252 g/mol. The molecular formula is C17H14O3. The molecule has 0 aliphatic rings. The van der Waals surface area contributed by atoms with Crippen LogP contribution in [0.4, 0.5) is 0 Å². The minimum atomic E-state index is -0.330. The van der Waals surface area contributed by atoms with E-state index in [1.165, 1.54) is 14.2 Å². The lowest BCUT2D eigenvalue weighted by Gasteiger charge is -2.09. The first kappa shape index (κ1) is 13.7. The smallest absolute Gasteiger partial charge is 0.243 e. The highest BCUT2D eigenvalue weighted by Crippen LogP contribution is 2.28. The van der Waals surface area contributed by atoms with Crippen LogP contribution in [-0.4, -0.2) is 20.0 Å². The van der Waals surface area contributed by atoms with E-state index in [-0.39, 0.29) is 5.78 Å². The van der Waals surface area contributed by atoms with Crippen molar-refractivity contribution < 1.29 is 14.3 Å². The standard InChI is InChI=1S/C17H14O3/c1-19-15-9-6-10-16(20-2)17(15)14(18)12-11-13-7-4-3-5-8-13/h3-10H,1-2H3. The molecule has 0 amide bonds. The summed E-state index contributed by atoms with van der Waals surface area (Å²) in [5.74, 6) is 6.03. The molecule has 100 valence electrons. The Kier molecular flexibility index (Phi) is 4.41. The van der Waals surface area contributed by atoms with Gasteiger partial charge in [0.2, 0.25) is 5.78 Å². The van der Waals surface area contributed by atoms with Gasteiger partial charge in [-0.2, -0.15) is 0 Å². The lowest BCUT2D eigenvalue weighted by Crippen LogP contribution is -2.02. The molecule has 0 heterocycles. The number of methoxy groups -OCH3 is 2. The summed E-state index contributed by atoms with van der Waals surface area (Å²) in [6.07, 6.45) is 0. The van der Waals surface area contributed by atoms with Crippen LogP contribution in [0, 0.1) is 11.8 Å². The number of ketones is 1. The van der Waals surface area contributed by atoms with Crippen molar-refractivity contribution in [3.05, 3.63) is 59.7 Å². The molecule has 0 radical (unpaired) electrons.